The molecule has 1 atom stereocenters. The molecule has 27 heavy (non-hydrogen) atoms. The van der Waals surface area contributed by atoms with Crippen LogP contribution in [-0.4, -0.2) is 9.99 Å². The molecule has 8 heteroatoms. The molecule has 0 spiro atoms. The monoisotopic (exact) mass is 441 g/mol. The topological polar surface area (TPSA) is 46.2 Å². The Kier molecular flexibility index (Phi) is 6.17. The van der Waals surface area contributed by atoms with Crippen molar-refractivity contribution in [2.75, 3.05) is 4.72 Å². The molecule has 3 nitrogen and oxygen atoms in total. The molecule has 3 aromatic rings. The van der Waals surface area contributed by atoms with Gasteiger partial charge in [0.25, 0.3) is 0 Å². The molecule has 0 fully saturated rings. The van der Waals surface area contributed by atoms with E-state index in [-0.39, 0.29) is 21.9 Å². The fourth-order valence-electron chi connectivity index (χ4n) is 2.30. The van der Waals surface area contributed by atoms with Gasteiger partial charge in [0.1, 0.15) is 16.8 Å². The summed E-state index contributed by atoms with van der Waals surface area (Å²) in [5.41, 5.74) is 0.808. The summed E-state index contributed by atoms with van der Waals surface area (Å²) in [4.78, 5) is 13.2. The number of rotatable bonds is 5. The highest BCUT2D eigenvalue weighted by Crippen LogP contribution is 2.27. The third-order valence-electron chi connectivity index (χ3n) is 3.64. The highest BCUT2D eigenvalue weighted by Gasteiger charge is 2.17. The summed E-state index contributed by atoms with van der Waals surface area (Å²) >= 11 is 17.8. The second-order valence-corrected chi connectivity index (χ2v) is 7.94. The lowest BCUT2D eigenvalue weighted by Crippen LogP contribution is -2.10. The summed E-state index contributed by atoms with van der Waals surface area (Å²) in [5.74, 6) is -0.831. The van der Waals surface area contributed by atoms with Crippen LogP contribution >= 0.6 is 34.8 Å². The molecule has 0 saturated carbocycles. The van der Waals surface area contributed by atoms with Crippen LogP contribution in [-0.2, 0) is 11.0 Å². The van der Waals surface area contributed by atoms with E-state index >= 15 is 0 Å². The minimum absolute atomic E-state index is 0.211. The second kappa shape index (κ2) is 8.40. The smallest absolute Gasteiger partial charge is 0.195 e. The Morgan fingerprint density at radius 1 is 0.889 bits per heavy atom. The summed E-state index contributed by atoms with van der Waals surface area (Å²) in [6.07, 6.45) is 0. The Balaban J connectivity index is 1.94. The van der Waals surface area contributed by atoms with Gasteiger partial charge in [-0.1, -0.05) is 34.8 Å². The zero-order chi connectivity index (χ0) is 19.6. The van der Waals surface area contributed by atoms with Gasteiger partial charge in [-0.05, 0) is 60.7 Å². The van der Waals surface area contributed by atoms with Crippen LogP contribution in [0.25, 0.3) is 0 Å². The molecular weight excluding hydrogens is 432 g/mol. The molecule has 0 bridgehead atoms. The quantitative estimate of drug-likeness (QED) is 0.482. The summed E-state index contributed by atoms with van der Waals surface area (Å²) < 4.78 is 28.5. The van der Waals surface area contributed by atoms with Crippen molar-refractivity contribution in [2.24, 2.45) is 0 Å². The molecule has 3 rings (SSSR count). The Bertz CT molecular complexity index is 1040. The molecule has 0 aliphatic carbocycles. The van der Waals surface area contributed by atoms with Crippen LogP contribution in [0.1, 0.15) is 15.9 Å². The Morgan fingerprint density at radius 3 is 2.26 bits per heavy atom. The first-order valence-electron chi connectivity index (χ1n) is 7.58. The normalized spacial score (nSPS) is 11.9. The van der Waals surface area contributed by atoms with Gasteiger partial charge in [-0.25, -0.2) is 8.60 Å². The lowest BCUT2D eigenvalue weighted by Gasteiger charge is -2.12. The van der Waals surface area contributed by atoms with Crippen molar-refractivity contribution in [3.8, 4) is 0 Å². The van der Waals surface area contributed by atoms with Gasteiger partial charge in [0, 0.05) is 16.1 Å². The number of anilines is 1. The van der Waals surface area contributed by atoms with Crippen LogP contribution in [0.4, 0.5) is 10.1 Å². The van der Waals surface area contributed by atoms with E-state index in [1.54, 1.807) is 18.2 Å². The number of ketones is 1. The number of halogens is 4. The van der Waals surface area contributed by atoms with Crippen molar-refractivity contribution in [1.29, 1.82) is 0 Å². The van der Waals surface area contributed by atoms with Crippen LogP contribution in [0.3, 0.4) is 0 Å². The van der Waals surface area contributed by atoms with E-state index in [4.69, 9.17) is 34.8 Å². The molecule has 3 aromatic carbocycles. The number of carbonyl (C=O) groups excluding carboxylic acids is 1. The number of nitrogens with one attached hydrogen (secondary N) is 1. The number of hydrogen-bond acceptors (Lipinski definition) is 2. The van der Waals surface area contributed by atoms with Crippen LogP contribution in [0, 0.1) is 5.82 Å². The van der Waals surface area contributed by atoms with Gasteiger partial charge in [-0.15, -0.1) is 0 Å². The minimum atomic E-state index is -1.69. The number of benzene rings is 3. The molecule has 0 aliphatic rings. The minimum Gasteiger partial charge on any atom is -0.300 e. The second-order valence-electron chi connectivity index (χ2n) is 5.47. The molecule has 1 unspecified atom stereocenters. The molecule has 0 radical (unpaired) electrons. The third-order valence-corrected chi connectivity index (χ3v) is 5.70. The molecule has 0 aliphatic heterocycles. The highest BCUT2D eigenvalue weighted by atomic mass is 35.5. The maximum Gasteiger partial charge on any atom is 0.195 e. The van der Waals surface area contributed by atoms with Gasteiger partial charge < -0.3 is 4.72 Å². The first-order chi connectivity index (χ1) is 12.8. The highest BCUT2D eigenvalue weighted by molar-refractivity contribution is 7.86. The van der Waals surface area contributed by atoms with E-state index in [1.165, 1.54) is 42.5 Å². The van der Waals surface area contributed by atoms with Crippen molar-refractivity contribution in [1.82, 2.24) is 0 Å². The lowest BCUT2D eigenvalue weighted by atomic mass is 10.0. The van der Waals surface area contributed by atoms with Crippen molar-refractivity contribution in [3.63, 3.8) is 0 Å². The molecule has 138 valence electrons. The lowest BCUT2D eigenvalue weighted by molar-refractivity contribution is 0.103. The standard InChI is InChI=1S/C19H11Cl3FNO2S/c20-12-3-8-18(24-27(26)14-6-7-16(21)17(22)10-14)15(9-12)19(25)11-1-4-13(23)5-2-11/h1-10,24H. The summed E-state index contributed by atoms with van der Waals surface area (Å²) in [7, 11) is -1.69. The van der Waals surface area contributed by atoms with E-state index in [0.717, 1.165) is 0 Å². The van der Waals surface area contributed by atoms with Crippen molar-refractivity contribution in [2.45, 2.75) is 4.90 Å². The van der Waals surface area contributed by atoms with Gasteiger partial charge in [0.05, 0.1) is 20.6 Å². The molecule has 0 aromatic heterocycles. The van der Waals surface area contributed by atoms with Crippen LogP contribution in [0.2, 0.25) is 15.1 Å². The van der Waals surface area contributed by atoms with Gasteiger partial charge in [0.2, 0.25) is 0 Å². The van der Waals surface area contributed by atoms with Gasteiger partial charge in [0.15, 0.2) is 5.78 Å². The van der Waals surface area contributed by atoms with E-state index in [0.29, 0.717) is 20.6 Å². The van der Waals surface area contributed by atoms with Crippen LogP contribution < -0.4 is 4.72 Å². The van der Waals surface area contributed by atoms with Gasteiger partial charge in [-0.2, -0.15) is 0 Å². The Morgan fingerprint density at radius 2 is 1.59 bits per heavy atom. The Labute approximate surface area is 172 Å². The largest absolute Gasteiger partial charge is 0.300 e. The fraction of sp³-hybridized carbons (Fsp3) is 0. The van der Waals surface area contributed by atoms with Crippen LogP contribution in [0.15, 0.2) is 65.6 Å². The molecule has 1 N–H and O–H groups in total. The predicted octanol–water partition coefficient (Wildman–Crippen LogP) is 6.15. The Hall–Kier alpha value is -1.92. The van der Waals surface area contributed by atoms with Crippen molar-refractivity contribution >= 4 is 57.3 Å². The summed E-state index contributed by atoms with van der Waals surface area (Å²) in [6.45, 7) is 0. The number of hydrogen-bond donors (Lipinski definition) is 1. The van der Waals surface area contributed by atoms with E-state index in [2.05, 4.69) is 4.72 Å². The van der Waals surface area contributed by atoms with Crippen molar-refractivity contribution < 1.29 is 13.4 Å². The maximum atomic E-state index is 13.1. The molecule has 0 saturated heterocycles. The van der Waals surface area contributed by atoms with Crippen molar-refractivity contribution in [3.05, 3.63) is 92.7 Å². The predicted molar refractivity (Wildman–Crippen MR) is 108 cm³/mol. The summed E-state index contributed by atoms with van der Waals surface area (Å²) in [5, 5.41) is 0.949. The molecule has 0 amide bonds. The first-order valence-corrected chi connectivity index (χ1v) is 9.87. The summed E-state index contributed by atoms with van der Waals surface area (Å²) in [6, 6.07) is 14.3. The van der Waals surface area contributed by atoms with Gasteiger partial charge >= 0.3 is 0 Å². The zero-order valence-corrected chi connectivity index (χ0v) is 16.6. The third kappa shape index (κ3) is 4.68. The van der Waals surface area contributed by atoms with Gasteiger partial charge in [-0.3, -0.25) is 4.79 Å². The molecular formula is C19H11Cl3FNO2S. The van der Waals surface area contributed by atoms with Crippen LogP contribution in [0.5, 0.6) is 0 Å². The fourth-order valence-corrected chi connectivity index (χ4v) is 3.75. The SMILES string of the molecule is O=C(c1ccc(F)cc1)c1cc(Cl)ccc1NS(=O)c1ccc(Cl)c(Cl)c1. The van der Waals surface area contributed by atoms with E-state index < -0.39 is 16.8 Å². The zero-order valence-electron chi connectivity index (χ0n) is 13.5. The number of carbonyl (C=O) groups is 1. The first kappa shape index (κ1) is 19.8. The van der Waals surface area contributed by atoms with E-state index in [1.807, 2.05) is 0 Å². The molecule has 0 heterocycles. The average molecular weight is 443 g/mol. The maximum absolute atomic E-state index is 13.1. The average Bonchev–Trinajstić information content (AvgIpc) is 2.65. The van der Waals surface area contributed by atoms with E-state index in [9.17, 15) is 13.4 Å².